The van der Waals surface area contributed by atoms with E-state index in [2.05, 4.69) is 11.8 Å². The van der Waals surface area contributed by atoms with Crippen LogP contribution in [0.5, 0.6) is 11.5 Å². The summed E-state index contributed by atoms with van der Waals surface area (Å²) in [5, 5.41) is 0. The topological polar surface area (TPSA) is 47.7 Å². The van der Waals surface area contributed by atoms with Crippen LogP contribution in [0.25, 0.3) is 0 Å². The van der Waals surface area contributed by atoms with Crippen molar-refractivity contribution in [2.24, 2.45) is 5.92 Å². The zero-order chi connectivity index (χ0) is 13.8. The van der Waals surface area contributed by atoms with Gasteiger partial charge in [-0.05, 0) is 25.2 Å². The van der Waals surface area contributed by atoms with Crippen LogP contribution in [0.4, 0.5) is 11.4 Å². The molecule has 2 rings (SSSR count). The molecule has 0 spiro atoms. The van der Waals surface area contributed by atoms with Gasteiger partial charge in [-0.15, -0.1) is 0 Å². The molecule has 1 aliphatic heterocycles. The lowest BCUT2D eigenvalue weighted by Gasteiger charge is -2.25. The predicted octanol–water partition coefficient (Wildman–Crippen LogP) is 2.91. The minimum Gasteiger partial charge on any atom is -0.493 e. The standard InChI is InChI=1S/C15H24N2O2/c1-11-5-4-7-17(8-6-11)13-10-15(19-3)14(18-2)9-12(13)16/h9-11H,4-8,16H2,1-3H3. The van der Waals surface area contributed by atoms with E-state index in [9.17, 15) is 0 Å². The Bertz CT molecular complexity index is 434. The van der Waals surface area contributed by atoms with Crippen molar-refractivity contribution in [2.45, 2.75) is 26.2 Å². The van der Waals surface area contributed by atoms with Crippen LogP contribution in [-0.2, 0) is 0 Å². The molecule has 1 heterocycles. The Morgan fingerprint density at radius 1 is 1.11 bits per heavy atom. The molecule has 4 nitrogen and oxygen atoms in total. The van der Waals surface area contributed by atoms with Crippen LogP contribution >= 0.6 is 0 Å². The fraction of sp³-hybridized carbons (Fsp3) is 0.600. The highest BCUT2D eigenvalue weighted by molar-refractivity contribution is 5.73. The summed E-state index contributed by atoms with van der Waals surface area (Å²) in [4.78, 5) is 2.36. The van der Waals surface area contributed by atoms with E-state index in [4.69, 9.17) is 15.2 Å². The zero-order valence-corrected chi connectivity index (χ0v) is 12.1. The van der Waals surface area contributed by atoms with Gasteiger partial charge in [0.1, 0.15) is 0 Å². The maximum Gasteiger partial charge on any atom is 0.162 e. The minimum atomic E-state index is 0.687. The van der Waals surface area contributed by atoms with Gasteiger partial charge in [0.25, 0.3) is 0 Å². The van der Waals surface area contributed by atoms with E-state index in [1.165, 1.54) is 19.3 Å². The Morgan fingerprint density at radius 2 is 1.79 bits per heavy atom. The first-order valence-electron chi connectivity index (χ1n) is 6.92. The summed E-state index contributed by atoms with van der Waals surface area (Å²) >= 11 is 0. The lowest BCUT2D eigenvalue weighted by atomic mass is 10.0. The van der Waals surface area contributed by atoms with Crippen molar-refractivity contribution in [2.75, 3.05) is 37.9 Å². The molecule has 0 bridgehead atoms. The lowest BCUT2D eigenvalue weighted by molar-refractivity contribution is 0.355. The van der Waals surface area contributed by atoms with Gasteiger partial charge >= 0.3 is 0 Å². The van der Waals surface area contributed by atoms with Crippen molar-refractivity contribution in [1.29, 1.82) is 0 Å². The average molecular weight is 264 g/mol. The van der Waals surface area contributed by atoms with Crippen LogP contribution in [0.2, 0.25) is 0 Å². The fourth-order valence-electron chi connectivity index (χ4n) is 2.66. The quantitative estimate of drug-likeness (QED) is 0.853. The molecule has 0 radical (unpaired) electrons. The van der Waals surface area contributed by atoms with E-state index in [1.807, 2.05) is 12.1 Å². The molecule has 1 aromatic carbocycles. The Labute approximate surface area is 115 Å². The number of ether oxygens (including phenoxy) is 2. The first kappa shape index (κ1) is 13.8. The summed E-state index contributed by atoms with van der Waals surface area (Å²) in [5.41, 5.74) is 7.98. The van der Waals surface area contributed by atoms with Gasteiger partial charge in [-0.3, -0.25) is 0 Å². The van der Waals surface area contributed by atoms with Gasteiger partial charge in [0.15, 0.2) is 11.5 Å². The molecule has 106 valence electrons. The molecule has 4 heteroatoms. The molecule has 2 N–H and O–H groups in total. The summed E-state index contributed by atoms with van der Waals surface area (Å²) < 4.78 is 10.6. The smallest absolute Gasteiger partial charge is 0.162 e. The van der Waals surface area contributed by atoms with E-state index in [-0.39, 0.29) is 0 Å². The van der Waals surface area contributed by atoms with Gasteiger partial charge in [-0.1, -0.05) is 6.92 Å². The van der Waals surface area contributed by atoms with Crippen molar-refractivity contribution >= 4 is 11.4 Å². The summed E-state index contributed by atoms with van der Waals surface area (Å²) in [6.07, 6.45) is 3.73. The van der Waals surface area contributed by atoms with Crippen molar-refractivity contribution < 1.29 is 9.47 Å². The fourth-order valence-corrected chi connectivity index (χ4v) is 2.66. The average Bonchev–Trinajstić information content (AvgIpc) is 2.63. The molecule has 0 aliphatic carbocycles. The van der Waals surface area contributed by atoms with Crippen LogP contribution in [0.1, 0.15) is 26.2 Å². The van der Waals surface area contributed by atoms with E-state index < -0.39 is 0 Å². The number of nitrogen functional groups attached to an aromatic ring is 1. The maximum atomic E-state index is 6.16. The SMILES string of the molecule is COc1cc(N)c(N2CCCC(C)CC2)cc1OC. The molecule has 1 fully saturated rings. The van der Waals surface area contributed by atoms with Crippen LogP contribution in [0.15, 0.2) is 12.1 Å². The molecule has 1 atom stereocenters. The Hall–Kier alpha value is -1.58. The van der Waals surface area contributed by atoms with Crippen molar-refractivity contribution in [3.05, 3.63) is 12.1 Å². The highest BCUT2D eigenvalue weighted by Gasteiger charge is 2.18. The normalized spacial score (nSPS) is 19.9. The van der Waals surface area contributed by atoms with Gasteiger partial charge in [0.2, 0.25) is 0 Å². The minimum absolute atomic E-state index is 0.687. The lowest BCUT2D eigenvalue weighted by Crippen LogP contribution is -2.25. The van der Waals surface area contributed by atoms with Crippen molar-refractivity contribution in [3.8, 4) is 11.5 Å². The highest BCUT2D eigenvalue weighted by Crippen LogP contribution is 2.37. The summed E-state index contributed by atoms with van der Waals surface area (Å²) in [6, 6.07) is 3.84. The van der Waals surface area contributed by atoms with Gasteiger partial charge < -0.3 is 20.1 Å². The molecule has 1 unspecified atom stereocenters. The molecule has 0 aromatic heterocycles. The highest BCUT2D eigenvalue weighted by atomic mass is 16.5. The molecular weight excluding hydrogens is 240 g/mol. The van der Waals surface area contributed by atoms with Gasteiger partial charge in [0, 0.05) is 25.2 Å². The van der Waals surface area contributed by atoms with Crippen LogP contribution in [-0.4, -0.2) is 27.3 Å². The van der Waals surface area contributed by atoms with E-state index in [0.717, 1.165) is 36.1 Å². The summed E-state index contributed by atoms with van der Waals surface area (Å²) in [6.45, 7) is 4.44. The van der Waals surface area contributed by atoms with E-state index in [0.29, 0.717) is 5.75 Å². The maximum absolute atomic E-state index is 6.16. The summed E-state index contributed by atoms with van der Waals surface area (Å²) in [7, 11) is 3.28. The number of hydrogen-bond acceptors (Lipinski definition) is 4. The second-order valence-electron chi connectivity index (χ2n) is 5.29. The van der Waals surface area contributed by atoms with Crippen LogP contribution in [0.3, 0.4) is 0 Å². The summed E-state index contributed by atoms with van der Waals surface area (Å²) in [5.74, 6) is 2.22. The third-order valence-electron chi connectivity index (χ3n) is 3.89. The number of anilines is 2. The second kappa shape index (κ2) is 6.04. The number of nitrogens with two attached hydrogens (primary N) is 1. The second-order valence-corrected chi connectivity index (χ2v) is 5.29. The number of nitrogens with zero attached hydrogens (tertiary/aromatic N) is 1. The Morgan fingerprint density at radius 3 is 2.47 bits per heavy atom. The number of methoxy groups -OCH3 is 2. The first-order valence-corrected chi connectivity index (χ1v) is 6.92. The third kappa shape index (κ3) is 3.06. The monoisotopic (exact) mass is 264 g/mol. The number of rotatable bonds is 3. The number of benzene rings is 1. The van der Waals surface area contributed by atoms with Gasteiger partial charge in [-0.2, -0.15) is 0 Å². The molecule has 19 heavy (non-hydrogen) atoms. The third-order valence-corrected chi connectivity index (χ3v) is 3.89. The molecule has 1 saturated heterocycles. The first-order chi connectivity index (χ1) is 9.15. The molecule has 0 saturated carbocycles. The molecule has 0 amide bonds. The number of hydrogen-bond donors (Lipinski definition) is 1. The van der Waals surface area contributed by atoms with Crippen LogP contribution in [0, 0.1) is 5.92 Å². The van der Waals surface area contributed by atoms with E-state index in [1.54, 1.807) is 14.2 Å². The molecular formula is C15H24N2O2. The van der Waals surface area contributed by atoms with Gasteiger partial charge in [0.05, 0.1) is 25.6 Å². The largest absolute Gasteiger partial charge is 0.493 e. The molecule has 1 aliphatic rings. The van der Waals surface area contributed by atoms with Crippen molar-refractivity contribution in [1.82, 2.24) is 0 Å². The molecule has 1 aromatic rings. The van der Waals surface area contributed by atoms with E-state index >= 15 is 0 Å². The van der Waals surface area contributed by atoms with Crippen molar-refractivity contribution in [3.63, 3.8) is 0 Å². The van der Waals surface area contributed by atoms with Gasteiger partial charge in [-0.25, -0.2) is 0 Å². The Kier molecular flexibility index (Phi) is 4.40. The Balaban J connectivity index is 2.28. The zero-order valence-electron chi connectivity index (χ0n) is 12.1. The predicted molar refractivity (Wildman–Crippen MR) is 79.2 cm³/mol. The van der Waals surface area contributed by atoms with Crippen LogP contribution < -0.4 is 20.1 Å².